The molecule has 0 spiro atoms. The molecule has 0 unspecified atom stereocenters. The second kappa shape index (κ2) is 8.13. The molecule has 5 rings (SSSR count). The first-order valence-corrected chi connectivity index (χ1v) is 10.8. The molecule has 1 saturated carbocycles. The van der Waals surface area contributed by atoms with Gasteiger partial charge in [0.15, 0.2) is 0 Å². The summed E-state index contributed by atoms with van der Waals surface area (Å²) in [4.78, 5) is 18.8. The van der Waals surface area contributed by atoms with Crippen LogP contribution in [0, 0.1) is 0 Å². The lowest BCUT2D eigenvalue weighted by Crippen LogP contribution is -2.47. The third kappa shape index (κ3) is 3.80. The number of piperazine rings is 1. The molecule has 0 bridgehead atoms. The van der Waals surface area contributed by atoms with Crippen molar-refractivity contribution >= 4 is 29.3 Å². The summed E-state index contributed by atoms with van der Waals surface area (Å²) >= 11 is 0. The fourth-order valence-electron chi connectivity index (χ4n) is 4.35. The summed E-state index contributed by atoms with van der Waals surface area (Å²) in [5.41, 5.74) is 11.8. The van der Waals surface area contributed by atoms with E-state index in [-0.39, 0.29) is 0 Å². The third-order valence-electron chi connectivity index (χ3n) is 6.23. The fraction of sp³-hybridized carbons (Fsp3) is 0.375. The van der Waals surface area contributed by atoms with Gasteiger partial charge in [-0.2, -0.15) is 0 Å². The van der Waals surface area contributed by atoms with Crippen molar-refractivity contribution < 1.29 is 0 Å². The molecule has 2 fully saturated rings. The first-order chi connectivity index (χ1) is 14.7. The van der Waals surface area contributed by atoms with Crippen molar-refractivity contribution in [1.82, 2.24) is 14.9 Å². The highest BCUT2D eigenvalue weighted by Gasteiger charge is 2.31. The zero-order chi connectivity index (χ0) is 20.5. The summed E-state index contributed by atoms with van der Waals surface area (Å²) in [6.45, 7) is 8.61. The van der Waals surface area contributed by atoms with Gasteiger partial charge < -0.3 is 10.6 Å². The monoisotopic (exact) mass is 400 g/mol. The van der Waals surface area contributed by atoms with Gasteiger partial charge >= 0.3 is 0 Å². The molecule has 1 aliphatic heterocycles. The normalized spacial score (nSPS) is 17.4. The molecular weight excluding hydrogens is 372 g/mol. The van der Waals surface area contributed by atoms with Crippen molar-refractivity contribution in [2.75, 3.05) is 37.6 Å². The van der Waals surface area contributed by atoms with Crippen molar-refractivity contribution in [3.05, 3.63) is 48.2 Å². The van der Waals surface area contributed by atoms with E-state index in [9.17, 15) is 0 Å². The van der Waals surface area contributed by atoms with Crippen LogP contribution in [0.4, 0.5) is 11.5 Å². The van der Waals surface area contributed by atoms with Crippen LogP contribution in [0.25, 0.3) is 22.2 Å². The number of hydrogen-bond acceptors (Lipinski definition) is 6. The molecule has 30 heavy (non-hydrogen) atoms. The SMILES string of the molecule is C=Nc1cc(-c2ccc3ncc(N4CCN(C5CC5)CC4)nc3c2)ccc1CCN. The predicted molar refractivity (Wildman–Crippen MR) is 124 cm³/mol. The van der Waals surface area contributed by atoms with Gasteiger partial charge in [0.2, 0.25) is 0 Å². The topological polar surface area (TPSA) is 70.6 Å². The van der Waals surface area contributed by atoms with Crippen LogP contribution in [-0.4, -0.2) is 60.4 Å². The maximum Gasteiger partial charge on any atom is 0.147 e. The first-order valence-electron chi connectivity index (χ1n) is 10.8. The molecule has 1 aliphatic carbocycles. The Morgan fingerprint density at radius 2 is 1.77 bits per heavy atom. The first kappa shape index (κ1) is 19.2. The van der Waals surface area contributed by atoms with Gasteiger partial charge in [0.05, 0.1) is 22.9 Å². The summed E-state index contributed by atoms with van der Waals surface area (Å²) in [7, 11) is 0. The standard InChI is InChI=1S/C24H28N6/c1-26-22-14-18(3-2-17(22)8-9-25)19-4-7-21-23(15-19)28-24(16-27-21)30-12-10-29(11-13-30)20-5-6-20/h2-4,7,14-16,20H,1,5-6,8-13,25H2. The molecule has 1 aromatic heterocycles. The smallest absolute Gasteiger partial charge is 0.147 e. The van der Waals surface area contributed by atoms with Crippen LogP contribution in [0.3, 0.4) is 0 Å². The quantitative estimate of drug-likeness (QED) is 0.642. The third-order valence-corrected chi connectivity index (χ3v) is 6.23. The second-order valence-electron chi connectivity index (χ2n) is 8.23. The predicted octanol–water partition coefficient (Wildman–Crippen LogP) is 3.41. The minimum absolute atomic E-state index is 0.602. The number of fused-ring (bicyclic) bond motifs is 1. The van der Waals surface area contributed by atoms with Crippen LogP contribution >= 0.6 is 0 Å². The Labute approximate surface area is 177 Å². The molecule has 2 aromatic carbocycles. The molecule has 2 heterocycles. The Morgan fingerprint density at radius 1 is 1.00 bits per heavy atom. The zero-order valence-corrected chi connectivity index (χ0v) is 17.3. The van der Waals surface area contributed by atoms with Gasteiger partial charge in [0.25, 0.3) is 0 Å². The van der Waals surface area contributed by atoms with Gasteiger partial charge in [0.1, 0.15) is 5.82 Å². The number of anilines is 1. The summed E-state index contributed by atoms with van der Waals surface area (Å²) in [5.74, 6) is 0.974. The Morgan fingerprint density at radius 3 is 2.50 bits per heavy atom. The molecule has 0 amide bonds. The summed E-state index contributed by atoms with van der Waals surface area (Å²) in [6.07, 6.45) is 5.45. The van der Waals surface area contributed by atoms with Crippen LogP contribution in [0.1, 0.15) is 18.4 Å². The molecule has 0 atom stereocenters. The Hall–Kier alpha value is -2.83. The van der Waals surface area contributed by atoms with Gasteiger partial charge in [-0.25, -0.2) is 4.98 Å². The summed E-state index contributed by atoms with van der Waals surface area (Å²) < 4.78 is 0. The van der Waals surface area contributed by atoms with Gasteiger partial charge in [-0.1, -0.05) is 18.2 Å². The highest BCUT2D eigenvalue weighted by Crippen LogP contribution is 2.31. The maximum atomic E-state index is 5.71. The zero-order valence-electron chi connectivity index (χ0n) is 17.3. The lowest BCUT2D eigenvalue weighted by Gasteiger charge is -2.35. The van der Waals surface area contributed by atoms with Crippen molar-refractivity contribution in [2.24, 2.45) is 10.7 Å². The molecule has 1 saturated heterocycles. The minimum Gasteiger partial charge on any atom is -0.353 e. The lowest BCUT2D eigenvalue weighted by atomic mass is 10.0. The number of rotatable bonds is 6. The molecule has 3 aromatic rings. The van der Waals surface area contributed by atoms with Crippen LogP contribution in [-0.2, 0) is 6.42 Å². The van der Waals surface area contributed by atoms with E-state index < -0.39 is 0 Å². The van der Waals surface area contributed by atoms with Crippen LogP contribution < -0.4 is 10.6 Å². The number of benzene rings is 2. The largest absolute Gasteiger partial charge is 0.353 e. The van der Waals surface area contributed by atoms with Crippen LogP contribution in [0.2, 0.25) is 0 Å². The van der Waals surface area contributed by atoms with Crippen molar-refractivity contribution in [1.29, 1.82) is 0 Å². The Kier molecular flexibility index (Phi) is 5.19. The van der Waals surface area contributed by atoms with E-state index in [2.05, 4.69) is 56.8 Å². The Balaban J connectivity index is 1.41. The number of nitrogens with two attached hydrogens (primary N) is 1. The summed E-state index contributed by atoms with van der Waals surface area (Å²) in [5, 5.41) is 0. The van der Waals surface area contributed by atoms with E-state index in [1.54, 1.807) is 0 Å². The van der Waals surface area contributed by atoms with Crippen molar-refractivity contribution in [2.45, 2.75) is 25.3 Å². The van der Waals surface area contributed by atoms with E-state index in [4.69, 9.17) is 10.7 Å². The molecule has 154 valence electrons. The van der Waals surface area contributed by atoms with E-state index in [0.29, 0.717) is 6.54 Å². The van der Waals surface area contributed by atoms with E-state index >= 15 is 0 Å². The number of hydrogen-bond donors (Lipinski definition) is 1. The lowest BCUT2D eigenvalue weighted by molar-refractivity contribution is 0.247. The van der Waals surface area contributed by atoms with Gasteiger partial charge in [-0.15, -0.1) is 0 Å². The van der Waals surface area contributed by atoms with Gasteiger partial charge in [-0.3, -0.25) is 14.9 Å². The van der Waals surface area contributed by atoms with E-state index in [0.717, 1.165) is 77.9 Å². The minimum atomic E-state index is 0.602. The van der Waals surface area contributed by atoms with Crippen molar-refractivity contribution in [3.8, 4) is 11.1 Å². The highest BCUT2D eigenvalue weighted by atomic mass is 15.3. The maximum absolute atomic E-state index is 5.71. The molecule has 6 nitrogen and oxygen atoms in total. The molecule has 6 heteroatoms. The molecule has 0 radical (unpaired) electrons. The average molecular weight is 401 g/mol. The van der Waals surface area contributed by atoms with Crippen molar-refractivity contribution in [3.63, 3.8) is 0 Å². The average Bonchev–Trinajstić information content (AvgIpc) is 3.64. The second-order valence-corrected chi connectivity index (χ2v) is 8.23. The van der Waals surface area contributed by atoms with Crippen LogP contribution in [0.15, 0.2) is 47.6 Å². The van der Waals surface area contributed by atoms with E-state index in [1.807, 2.05) is 12.3 Å². The van der Waals surface area contributed by atoms with E-state index in [1.165, 1.54) is 12.8 Å². The number of aliphatic imine (C=N–C) groups is 1. The van der Waals surface area contributed by atoms with Crippen LogP contribution in [0.5, 0.6) is 0 Å². The number of aromatic nitrogens is 2. The fourth-order valence-corrected chi connectivity index (χ4v) is 4.35. The van der Waals surface area contributed by atoms with Gasteiger partial charge in [-0.05, 0) is 67.4 Å². The molecule has 2 N–H and O–H groups in total. The summed E-state index contributed by atoms with van der Waals surface area (Å²) in [6, 6.07) is 13.4. The molecule has 2 aliphatic rings. The number of nitrogens with zero attached hydrogens (tertiary/aromatic N) is 5. The Bertz CT molecular complexity index is 1070. The highest BCUT2D eigenvalue weighted by molar-refractivity contribution is 5.83. The molecular formula is C24H28N6. The van der Waals surface area contributed by atoms with Gasteiger partial charge in [0, 0.05) is 32.2 Å².